The summed E-state index contributed by atoms with van der Waals surface area (Å²) in [5.74, 6) is -0.717. The standard InChI is InChI=1S/C11H15ClN2O3S/c1-8(6-12)7-18(16,17)14-10-5-3-2-4-9(10)11(13)15/h2-5,8,14H,6-7H2,1H3,(H2,13,15). The van der Waals surface area contributed by atoms with E-state index in [9.17, 15) is 13.2 Å². The number of amides is 1. The van der Waals surface area contributed by atoms with Gasteiger partial charge in [-0.05, 0) is 18.1 Å². The normalized spacial score (nSPS) is 13.0. The maximum Gasteiger partial charge on any atom is 0.250 e. The fraction of sp³-hybridized carbons (Fsp3) is 0.364. The predicted octanol–water partition coefficient (Wildman–Crippen LogP) is 1.40. The van der Waals surface area contributed by atoms with Crippen molar-refractivity contribution in [1.29, 1.82) is 0 Å². The molecule has 1 atom stereocenters. The van der Waals surface area contributed by atoms with Crippen LogP contribution in [-0.2, 0) is 10.0 Å². The van der Waals surface area contributed by atoms with Gasteiger partial charge < -0.3 is 5.73 Å². The molecule has 0 spiro atoms. The third-order valence-corrected chi connectivity index (χ3v) is 4.29. The van der Waals surface area contributed by atoms with E-state index in [0.717, 1.165) is 0 Å². The van der Waals surface area contributed by atoms with Gasteiger partial charge in [0.1, 0.15) is 0 Å². The van der Waals surface area contributed by atoms with Crippen LogP contribution in [0.15, 0.2) is 24.3 Å². The first-order valence-corrected chi connectivity index (χ1v) is 7.49. The van der Waals surface area contributed by atoms with Crippen molar-refractivity contribution in [1.82, 2.24) is 0 Å². The number of primary amides is 1. The molecule has 0 aliphatic heterocycles. The van der Waals surface area contributed by atoms with E-state index in [4.69, 9.17) is 17.3 Å². The summed E-state index contributed by atoms with van der Waals surface area (Å²) >= 11 is 5.58. The van der Waals surface area contributed by atoms with Gasteiger partial charge in [-0.2, -0.15) is 0 Å². The summed E-state index contributed by atoms with van der Waals surface area (Å²) in [5.41, 5.74) is 5.49. The number of carbonyl (C=O) groups excluding carboxylic acids is 1. The lowest BCUT2D eigenvalue weighted by atomic mass is 10.2. The Bertz CT molecular complexity index is 531. The number of halogens is 1. The number of nitrogens with one attached hydrogen (secondary N) is 1. The van der Waals surface area contributed by atoms with E-state index in [1.165, 1.54) is 12.1 Å². The zero-order valence-electron chi connectivity index (χ0n) is 9.89. The highest BCUT2D eigenvalue weighted by Gasteiger charge is 2.17. The van der Waals surface area contributed by atoms with E-state index >= 15 is 0 Å². The van der Waals surface area contributed by atoms with Crippen molar-refractivity contribution in [3.8, 4) is 0 Å². The molecule has 7 heteroatoms. The van der Waals surface area contributed by atoms with E-state index in [2.05, 4.69) is 4.72 Å². The molecule has 100 valence electrons. The van der Waals surface area contributed by atoms with E-state index < -0.39 is 15.9 Å². The fourth-order valence-electron chi connectivity index (χ4n) is 1.42. The Morgan fingerprint density at radius 2 is 2.06 bits per heavy atom. The minimum Gasteiger partial charge on any atom is -0.366 e. The quantitative estimate of drug-likeness (QED) is 0.776. The van der Waals surface area contributed by atoms with Gasteiger partial charge in [0.2, 0.25) is 10.0 Å². The van der Waals surface area contributed by atoms with Crippen LogP contribution < -0.4 is 10.5 Å². The van der Waals surface area contributed by atoms with Gasteiger partial charge in [-0.1, -0.05) is 19.1 Å². The molecule has 1 unspecified atom stereocenters. The molecule has 0 saturated carbocycles. The molecule has 1 rings (SSSR count). The van der Waals surface area contributed by atoms with E-state index in [1.807, 2.05) is 0 Å². The minimum absolute atomic E-state index is 0.108. The van der Waals surface area contributed by atoms with E-state index in [1.54, 1.807) is 19.1 Å². The second kappa shape index (κ2) is 6.06. The Kier molecular flexibility index (Phi) is 4.98. The van der Waals surface area contributed by atoms with Crippen molar-refractivity contribution in [2.75, 3.05) is 16.4 Å². The number of nitrogens with two attached hydrogens (primary N) is 1. The topological polar surface area (TPSA) is 89.3 Å². The second-order valence-corrected chi connectivity index (χ2v) is 6.13. The van der Waals surface area contributed by atoms with Crippen molar-refractivity contribution >= 4 is 33.2 Å². The monoisotopic (exact) mass is 290 g/mol. The Hall–Kier alpha value is -1.27. The van der Waals surface area contributed by atoms with Crippen LogP contribution in [0.2, 0.25) is 0 Å². The van der Waals surface area contributed by atoms with Crippen LogP contribution >= 0.6 is 11.6 Å². The molecule has 0 radical (unpaired) electrons. The maximum atomic E-state index is 11.8. The number of rotatable bonds is 6. The van der Waals surface area contributed by atoms with Crippen molar-refractivity contribution in [2.45, 2.75) is 6.92 Å². The van der Waals surface area contributed by atoms with Gasteiger partial charge >= 0.3 is 0 Å². The number of anilines is 1. The molecule has 1 aromatic carbocycles. The highest BCUT2D eigenvalue weighted by molar-refractivity contribution is 7.92. The Balaban J connectivity index is 2.94. The van der Waals surface area contributed by atoms with Crippen LogP contribution in [-0.4, -0.2) is 26.0 Å². The third kappa shape index (κ3) is 4.19. The fourth-order valence-corrected chi connectivity index (χ4v) is 3.12. The van der Waals surface area contributed by atoms with Gasteiger partial charge in [0.05, 0.1) is 17.0 Å². The molecule has 0 aromatic heterocycles. The summed E-state index contributed by atoms with van der Waals surface area (Å²) in [6.07, 6.45) is 0. The minimum atomic E-state index is -3.54. The van der Waals surface area contributed by atoms with Crippen LogP contribution in [0.4, 0.5) is 5.69 Å². The first-order valence-electron chi connectivity index (χ1n) is 5.31. The summed E-state index contributed by atoms with van der Waals surface area (Å²) in [6, 6.07) is 6.18. The summed E-state index contributed by atoms with van der Waals surface area (Å²) < 4.78 is 26.0. The molecule has 1 aromatic rings. The Morgan fingerprint density at radius 1 is 1.44 bits per heavy atom. The number of hydrogen-bond acceptors (Lipinski definition) is 3. The number of para-hydroxylation sites is 1. The molecule has 0 heterocycles. The average molecular weight is 291 g/mol. The van der Waals surface area contributed by atoms with E-state index in [-0.39, 0.29) is 28.8 Å². The van der Waals surface area contributed by atoms with Gasteiger partial charge in [0.25, 0.3) is 5.91 Å². The molecular weight excluding hydrogens is 276 g/mol. The lowest BCUT2D eigenvalue weighted by Crippen LogP contribution is -2.24. The highest BCUT2D eigenvalue weighted by atomic mass is 35.5. The van der Waals surface area contributed by atoms with Crippen LogP contribution in [0.3, 0.4) is 0 Å². The van der Waals surface area contributed by atoms with Crippen LogP contribution in [0.1, 0.15) is 17.3 Å². The van der Waals surface area contributed by atoms with Crippen molar-refractivity contribution < 1.29 is 13.2 Å². The number of sulfonamides is 1. The summed E-state index contributed by atoms with van der Waals surface area (Å²) in [6.45, 7) is 1.73. The number of carbonyl (C=O) groups is 1. The average Bonchev–Trinajstić information content (AvgIpc) is 2.28. The number of alkyl halides is 1. The lowest BCUT2D eigenvalue weighted by molar-refractivity contribution is 0.100. The van der Waals surface area contributed by atoms with Crippen molar-refractivity contribution in [3.05, 3.63) is 29.8 Å². The third-order valence-electron chi connectivity index (χ3n) is 2.23. The molecule has 0 fully saturated rings. The first kappa shape index (κ1) is 14.8. The summed E-state index contributed by atoms with van der Waals surface area (Å²) in [5, 5.41) is 0. The van der Waals surface area contributed by atoms with Gasteiger partial charge in [-0.3, -0.25) is 9.52 Å². The van der Waals surface area contributed by atoms with Crippen molar-refractivity contribution in [3.63, 3.8) is 0 Å². The van der Waals surface area contributed by atoms with Crippen molar-refractivity contribution in [2.24, 2.45) is 11.7 Å². The molecule has 0 saturated heterocycles. The molecule has 1 amide bonds. The molecule has 0 aliphatic carbocycles. The molecule has 3 N–H and O–H groups in total. The van der Waals surface area contributed by atoms with Gasteiger partial charge in [0, 0.05) is 5.88 Å². The zero-order valence-corrected chi connectivity index (χ0v) is 11.5. The Labute approximate surface area is 111 Å². The van der Waals surface area contributed by atoms with Crippen LogP contribution in [0, 0.1) is 5.92 Å². The number of benzene rings is 1. The highest BCUT2D eigenvalue weighted by Crippen LogP contribution is 2.17. The smallest absolute Gasteiger partial charge is 0.250 e. The SMILES string of the molecule is CC(CCl)CS(=O)(=O)Nc1ccccc1C(N)=O. The van der Waals surface area contributed by atoms with Gasteiger partial charge in [-0.15, -0.1) is 11.6 Å². The van der Waals surface area contributed by atoms with Crippen LogP contribution in [0.5, 0.6) is 0 Å². The molecular formula is C11H15ClN2O3S. The molecule has 0 bridgehead atoms. The lowest BCUT2D eigenvalue weighted by Gasteiger charge is -2.12. The predicted molar refractivity (Wildman–Crippen MR) is 72.3 cm³/mol. The second-order valence-electron chi connectivity index (χ2n) is 4.05. The molecule has 0 aliphatic rings. The molecule has 18 heavy (non-hydrogen) atoms. The maximum absolute atomic E-state index is 11.8. The zero-order chi connectivity index (χ0) is 13.8. The van der Waals surface area contributed by atoms with Gasteiger partial charge in [-0.25, -0.2) is 8.42 Å². The van der Waals surface area contributed by atoms with Gasteiger partial charge in [0.15, 0.2) is 0 Å². The summed E-state index contributed by atoms with van der Waals surface area (Å²) in [7, 11) is -3.54. The summed E-state index contributed by atoms with van der Waals surface area (Å²) in [4.78, 5) is 11.2. The number of hydrogen-bond donors (Lipinski definition) is 2. The van der Waals surface area contributed by atoms with E-state index in [0.29, 0.717) is 0 Å². The Morgan fingerprint density at radius 3 is 2.61 bits per heavy atom. The van der Waals surface area contributed by atoms with Crippen LogP contribution in [0.25, 0.3) is 0 Å². The first-order chi connectivity index (χ1) is 8.35. The largest absolute Gasteiger partial charge is 0.366 e. The molecule has 5 nitrogen and oxygen atoms in total.